The van der Waals surface area contributed by atoms with Crippen LogP contribution in [0.2, 0.25) is 0 Å². The molecule has 3 rings (SSSR count). The molecule has 2 aromatic carbocycles. The number of ether oxygens (including phenoxy) is 2. The number of carbonyl (C=O) groups excluding carboxylic acids is 3. The van der Waals surface area contributed by atoms with E-state index >= 15 is 0 Å². The van der Waals surface area contributed by atoms with Gasteiger partial charge in [-0.05, 0) is 38.1 Å². The number of anilines is 2. The van der Waals surface area contributed by atoms with E-state index in [0.717, 1.165) is 0 Å². The second-order valence-corrected chi connectivity index (χ2v) is 6.54. The molecule has 0 unspecified atom stereocenters. The van der Waals surface area contributed by atoms with Crippen molar-refractivity contribution in [1.29, 1.82) is 0 Å². The molecule has 162 valence electrons. The number of para-hydroxylation sites is 3. The number of hydrogen-bond donors (Lipinski definition) is 2. The summed E-state index contributed by atoms with van der Waals surface area (Å²) in [6, 6.07) is 14.0. The molecule has 2 amide bonds. The largest absolute Gasteiger partial charge is 0.492 e. The fourth-order valence-corrected chi connectivity index (χ4v) is 3.01. The van der Waals surface area contributed by atoms with Gasteiger partial charge in [-0.1, -0.05) is 24.3 Å². The van der Waals surface area contributed by atoms with E-state index in [-0.39, 0.29) is 30.9 Å². The van der Waals surface area contributed by atoms with Crippen LogP contribution in [0.3, 0.4) is 0 Å². The number of amides is 2. The van der Waals surface area contributed by atoms with E-state index in [1.807, 2.05) is 6.92 Å². The zero-order valence-electron chi connectivity index (χ0n) is 17.4. The minimum Gasteiger partial charge on any atom is -0.492 e. The number of nitrogens with one attached hydrogen (secondary N) is 2. The minimum absolute atomic E-state index is 0.0445. The Labute approximate surface area is 179 Å². The Morgan fingerprint density at radius 1 is 0.903 bits per heavy atom. The molecule has 0 spiro atoms. The molecule has 1 heterocycles. The molecule has 0 atom stereocenters. The molecule has 0 bridgehead atoms. The van der Waals surface area contributed by atoms with Crippen molar-refractivity contribution in [3.8, 4) is 5.75 Å². The summed E-state index contributed by atoms with van der Waals surface area (Å²) in [5.74, 6) is -0.945. The van der Waals surface area contributed by atoms with Crippen LogP contribution in [-0.4, -0.2) is 31.0 Å². The third kappa shape index (κ3) is 5.42. The Bertz CT molecular complexity index is 1090. The van der Waals surface area contributed by atoms with Gasteiger partial charge >= 0.3 is 5.97 Å². The third-order valence-electron chi connectivity index (χ3n) is 4.36. The summed E-state index contributed by atoms with van der Waals surface area (Å²) < 4.78 is 16.1. The van der Waals surface area contributed by atoms with Crippen LogP contribution in [0.4, 0.5) is 11.4 Å². The van der Waals surface area contributed by atoms with Crippen LogP contribution < -0.4 is 15.4 Å². The molecule has 31 heavy (non-hydrogen) atoms. The smallest absolute Gasteiger partial charge is 0.306 e. The van der Waals surface area contributed by atoms with Crippen LogP contribution >= 0.6 is 0 Å². The van der Waals surface area contributed by atoms with E-state index in [2.05, 4.69) is 10.6 Å². The molecule has 0 saturated carbocycles. The number of rotatable bonds is 9. The van der Waals surface area contributed by atoms with Crippen molar-refractivity contribution < 1.29 is 28.3 Å². The minimum atomic E-state index is -0.538. The number of benzene rings is 2. The van der Waals surface area contributed by atoms with Gasteiger partial charge in [0.25, 0.3) is 5.91 Å². The van der Waals surface area contributed by atoms with Crippen molar-refractivity contribution in [1.82, 2.24) is 0 Å². The van der Waals surface area contributed by atoms with Crippen molar-refractivity contribution in [2.75, 3.05) is 23.8 Å². The fraction of sp³-hybridized carbons (Fsp3) is 0.261. The second kappa shape index (κ2) is 10.3. The molecule has 0 radical (unpaired) electrons. The first kappa shape index (κ1) is 21.9. The average Bonchev–Trinajstić information content (AvgIpc) is 3.13. The highest BCUT2D eigenvalue weighted by Gasteiger charge is 2.23. The zero-order valence-corrected chi connectivity index (χ0v) is 17.4. The second-order valence-electron chi connectivity index (χ2n) is 6.54. The van der Waals surface area contributed by atoms with Crippen LogP contribution in [0, 0.1) is 0 Å². The van der Waals surface area contributed by atoms with Gasteiger partial charge in [-0.15, -0.1) is 0 Å². The van der Waals surface area contributed by atoms with Crippen molar-refractivity contribution >= 4 is 40.1 Å². The summed E-state index contributed by atoms with van der Waals surface area (Å²) in [5, 5.41) is 6.05. The maximum atomic E-state index is 13.0. The molecule has 3 aromatic rings. The summed E-state index contributed by atoms with van der Waals surface area (Å²) in [6.45, 7) is 4.24. The first-order chi connectivity index (χ1) is 15.0. The normalized spacial score (nSPS) is 10.5. The molecule has 0 aliphatic heterocycles. The van der Waals surface area contributed by atoms with E-state index in [4.69, 9.17) is 13.9 Å². The summed E-state index contributed by atoms with van der Waals surface area (Å²) in [7, 11) is 0. The van der Waals surface area contributed by atoms with Crippen LogP contribution in [0.1, 0.15) is 37.2 Å². The highest BCUT2D eigenvalue weighted by Crippen LogP contribution is 2.32. The van der Waals surface area contributed by atoms with Gasteiger partial charge in [-0.3, -0.25) is 14.4 Å². The van der Waals surface area contributed by atoms with Gasteiger partial charge in [-0.25, -0.2) is 0 Å². The lowest BCUT2D eigenvalue weighted by Crippen LogP contribution is -2.18. The molecule has 8 heteroatoms. The van der Waals surface area contributed by atoms with Gasteiger partial charge in [0.1, 0.15) is 17.0 Å². The summed E-state index contributed by atoms with van der Waals surface area (Å²) in [6.07, 6.45) is -0.134. The molecule has 1 aromatic heterocycles. The van der Waals surface area contributed by atoms with E-state index in [1.54, 1.807) is 55.5 Å². The summed E-state index contributed by atoms with van der Waals surface area (Å²) >= 11 is 0. The van der Waals surface area contributed by atoms with E-state index < -0.39 is 17.8 Å². The predicted octanol–water partition coefficient (Wildman–Crippen LogP) is 4.37. The molecule has 0 aliphatic carbocycles. The lowest BCUT2D eigenvalue weighted by Gasteiger charge is -2.11. The Kier molecular flexibility index (Phi) is 7.26. The molecular weight excluding hydrogens is 400 g/mol. The van der Waals surface area contributed by atoms with Gasteiger partial charge in [0, 0.05) is 11.8 Å². The Morgan fingerprint density at radius 3 is 2.42 bits per heavy atom. The highest BCUT2D eigenvalue weighted by molar-refractivity contribution is 6.14. The number of carbonyl (C=O) groups is 3. The van der Waals surface area contributed by atoms with Gasteiger partial charge in [0.15, 0.2) is 0 Å². The maximum absolute atomic E-state index is 13.0. The highest BCUT2D eigenvalue weighted by atomic mass is 16.5. The van der Waals surface area contributed by atoms with Gasteiger partial charge in [-0.2, -0.15) is 0 Å². The van der Waals surface area contributed by atoms with Crippen LogP contribution in [0.5, 0.6) is 5.75 Å². The monoisotopic (exact) mass is 424 g/mol. The Hall–Kier alpha value is -3.81. The zero-order chi connectivity index (χ0) is 22.2. The lowest BCUT2D eigenvalue weighted by molar-refractivity contribution is -0.144. The van der Waals surface area contributed by atoms with E-state index in [9.17, 15) is 14.4 Å². The van der Waals surface area contributed by atoms with Gasteiger partial charge in [0.05, 0.1) is 25.3 Å². The quantitative estimate of drug-likeness (QED) is 0.494. The Morgan fingerprint density at radius 2 is 1.65 bits per heavy atom. The first-order valence-electron chi connectivity index (χ1n) is 10.0. The SMILES string of the molecule is CCOC(=O)CCC(=O)Nc1c(C(=O)Nc2ccccc2OCC)oc2ccccc12. The van der Waals surface area contributed by atoms with Crippen molar-refractivity contribution in [2.24, 2.45) is 0 Å². The molecule has 2 N–H and O–H groups in total. The lowest BCUT2D eigenvalue weighted by atomic mass is 10.2. The molecule has 8 nitrogen and oxygen atoms in total. The maximum Gasteiger partial charge on any atom is 0.306 e. The van der Waals surface area contributed by atoms with Crippen LogP contribution in [-0.2, 0) is 14.3 Å². The van der Waals surface area contributed by atoms with Gasteiger partial charge < -0.3 is 24.5 Å². The number of fused-ring (bicyclic) bond motifs is 1. The summed E-state index contributed by atoms with van der Waals surface area (Å²) in [5.41, 5.74) is 1.18. The molecule has 0 saturated heterocycles. The standard InChI is InChI=1S/C23H24N2O6/c1-3-29-18-12-8-6-10-16(18)24-23(28)22-21(15-9-5-7-11-17(15)31-22)25-19(26)13-14-20(27)30-4-2/h5-12H,3-4,13-14H2,1-2H3,(H,24,28)(H,25,26). The van der Waals surface area contributed by atoms with Crippen molar-refractivity contribution in [3.63, 3.8) is 0 Å². The fourth-order valence-electron chi connectivity index (χ4n) is 3.01. The topological polar surface area (TPSA) is 107 Å². The number of esters is 1. The number of furan rings is 1. The average molecular weight is 424 g/mol. The number of hydrogen-bond acceptors (Lipinski definition) is 6. The van der Waals surface area contributed by atoms with E-state index in [0.29, 0.717) is 29.0 Å². The molecule has 0 fully saturated rings. The summed E-state index contributed by atoms with van der Waals surface area (Å²) in [4.78, 5) is 37.0. The van der Waals surface area contributed by atoms with Crippen molar-refractivity contribution in [2.45, 2.75) is 26.7 Å². The van der Waals surface area contributed by atoms with Crippen molar-refractivity contribution in [3.05, 3.63) is 54.3 Å². The molecular formula is C23H24N2O6. The third-order valence-corrected chi connectivity index (χ3v) is 4.36. The Balaban J connectivity index is 1.84. The van der Waals surface area contributed by atoms with Gasteiger partial charge in [0.2, 0.25) is 11.7 Å². The molecule has 0 aliphatic rings. The van der Waals surface area contributed by atoms with Crippen LogP contribution in [0.15, 0.2) is 52.9 Å². The predicted molar refractivity (Wildman–Crippen MR) is 116 cm³/mol. The van der Waals surface area contributed by atoms with E-state index in [1.165, 1.54) is 0 Å². The first-order valence-corrected chi connectivity index (χ1v) is 10.0. The van der Waals surface area contributed by atoms with Crippen LogP contribution in [0.25, 0.3) is 11.0 Å².